The van der Waals surface area contributed by atoms with Crippen molar-refractivity contribution in [2.24, 2.45) is 0 Å². The Balaban J connectivity index is 1.59. The summed E-state index contributed by atoms with van der Waals surface area (Å²) in [6.45, 7) is 4.17. The third-order valence-corrected chi connectivity index (χ3v) is 4.03. The molecule has 9 heteroatoms. The van der Waals surface area contributed by atoms with E-state index >= 15 is 0 Å². The van der Waals surface area contributed by atoms with Crippen LogP contribution in [0.2, 0.25) is 0 Å². The van der Waals surface area contributed by atoms with E-state index in [9.17, 15) is 9.59 Å². The van der Waals surface area contributed by atoms with Gasteiger partial charge in [0.15, 0.2) is 24.0 Å². The van der Waals surface area contributed by atoms with Gasteiger partial charge in [-0.15, -0.1) is 0 Å². The third kappa shape index (κ3) is 3.81. The minimum absolute atomic E-state index is 0.0911. The second kappa shape index (κ2) is 7.51. The molecule has 0 spiro atoms. The maximum Gasteiger partial charge on any atom is 0.266 e. The van der Waals surface area contributed by atoms with Crippen molar-refractivity contribution in [3.8, 4) is 5.75 Å². The monoisotopic (exact) mass is 359 g/mol. The number of carbonyl (C=O) groups is 2. The molecule has 3 rings (SSSR count). The molecule has 9 nitrogen and oxygen atoms in total. The van der Waals surface area contributed by atoms with Crippen LogP contribution in [-0.2, 0) is 16.0 Å². The van der Waals surface area contributed by atoms with Gasteiger partial charge in [0.25, 0.3) is 5.91 Å². The fourth-order valence-electron chi connectivity index (χ4n) is 2.45. The average Bonchev–Trinajstić information content (AvgIpc) is 3.11. The summed E-state index contributed by atoms with van der Waals surface area (Å²) in [4.78, 5) is 36.0. The molecule has 26 heavy (non-hydrogen) atoms. The molecule has 0 unspecified atom stereocenters. The van der Waals surface area contributed by atoms with Gasteiger partial charge in [-0.05, 0) is 12.1 Å². The standard InChI is InChI=1S/C17H21N5O4/c1-11(2)17-19-13(20-26-17)6-8-21(3)14(23)9-22-15(24)10-25-12-5-4-7-18-16(12)22/h4-5,7,11H,6,8-10H2,1-3H3. The molecule has 2 aromatic rings. The van der Waals surface area contributed by atoms with Crippen LogP contribution < -0.4 is 9.64 Å². The van der Waals surface area contributed by atoms with Crippen LogP contribution in [-0.4, -0.2) is 58.6 Å². The number of amides is 2. The Morgan fingerprint density at radius 2 is 2.23 bits per heavy atom. The summed E-state index contributed by atoms with van der Waals surface area (Å²) in [6.07, 6.45) is 2.04. The van der Waals surface area contributed by atoms with Gasteiger partial charge < -0.3 is 14.2 Å². The second-order valence-electron chi connectivity index (χ2n) is 6.36. The summed E-state index contributed by atoms with van der Waals surface area (Å²) in [5, 5.41) is 3.91. The van der Waals surface area contributed by atoms with Gasteiger partial charge in [-0.1, -0.05) is 19.0 Å². The van der Waals surface area contributed by atoms with Gasteiger partial charge >= 0.3 is 0 Å². The number of carbonyl (C=O) groups excluding carboxylic acids is 2. The maximum absolute atomic E-state index is 12.5. The summed E-state index contributed by atoms with van der Waals surface area (Å²) >= 11 is 0. The van der Waals surface area contributed by atoms with Crippen molar-refractivity contribution in [3.63, 3.8) is 0 Å². The molecular formula is C17H21N5O4. The van der Waals surface area contributed by atoms with E-state index in [1.54, 1.807) is 25.4 Å². The van der Waals surface area contributed by atoms with Crippen LogP contribution >= 0.6 is 0 Å². The molecule has 0 fully saturated rings. The van der Waals surface area contributed by atoms with Gasteiger partial charge in [-0.3, -0.25) is 14.5 Å². The smallest absolute Gasteiger partial charge is 0.266 e. The number of nitrogens with zero attached hydrogens (tertiary/aromatic N) is 5. The Hall–Kier alpha value is -2.97. The molecule has 0 aromatic carbocycles. The highest BCUT2D eigenvalue weighted by molar-refractivity contribution is 6.01. The molecule has 2 amide bonds. The number of likely N-dealkylation sites (N-methyl/N-ethyl adjacent to an activating group) is 1. The second-order valence-corrected chi connectivity index (χ2v) is 6.36. The quantitative estimate of drug-likeness (QED) is 0.758. The zero-order valence-corrected chi connectivity index (χ0v) is 15.0. The lowest BCUT2D eigenvalue weighted by atomic mass is 10.2. The van der Waals surface area contributed by atoms with Gasteiger partial charge in [0, 0.05) is 32.1 Å². The lowest BCUT2D eigenvalue weighted by Crippen LogP contribution is -2.46. The number of aromatic nitrogens is 3. The van der Waals surface area contributed by atoms with Crippen LogP contribution in [0, 0.1) is 0 Å². The molecule has 0 saturated carbocycles. The van der Waals surface area contributed by atoms with Crippen LogP contribution in [0.15, 0.2) is 22.9 Å². The summed E-state index contributed by atoms with van der Waals surface area (Å²) in [5.74, 6) is 1.66. The van der Waals surface area contributed by atoms with Gasteiger partial charge in [-0.2, -0.15) is 4.98 Å². The van der Waals surface area contributed by atoms with E-state index in [0.29, 0.717) is 36.2 Å². The fraction of sp³-hybridized carbons (Fsp3) is 0.471. The van der Waals surface area contributed by atoms with Crippen molar-refractivity contribution in [2.45, 2.75) is 26.2 Å². The number of hydrogen-bond donors (Lipinski definition) is 0. The molecule has 0 radical (unpaired) electrons. The number of rotatable bonds is 6. The maximum atomic E-state index is 12.5. The van der Waals surface area contributed by atoms with Crippen molar-refractivity contribution in [2.75, 3.05) is 31.6 Å². The van der Waals surface area contributed by atoms with Gasteiger partial charge in [0.1, 0.15) is 6.54 Å². The zero-order chi connectivity index (χ0) is 18.7. The Morgan fingerprint density at radius 3 is 2.96 bits per heavy atom. The first-order valence-corrected chi connectivity index (χ1v) is 8.40. The highest BCUT2D eigenvalue weighted by atomic mass is 16.5. The molecule has 0 N–H and O–H groups in total. The zero-order valence-electron chi connectivity index (χ0n) is 15.0. The minimum atomic E-state index is -0.294. The van der Waals surface area contributed by atoms with Gasteiger partial charge in [-0.25, -0.2) is 4.98 Å². The molecule has 2 aromatic heterocycles. The van der Waals surface area contributed by atoms with Crippen LogP contribution in [0.25, 0.3) is 0 Å². The Bertz CT molecular complexity index is 804. The van der Waals surface area contributed by atoms with E-state index in [2.05, 4.69) is 15.1 Å². The van der Waals surface area contributed by atoms with Crippen molar-refractivity contribution < 1.29 is 18.8 Å². The predicted octanol–water partition coefficient (Wildman–Crippen LogP) is 1.01. The summed E-state index contributed by atoms with van der Waals surface area (Å²) in [5.41, 5.74) is 0. The third-order valence-electron chi connectivity index (χ3n) is 4.03. The molecule has 138 valence electrons. The molecule has 0 bridgehead atoms. The first-order valence-electron chi connectivity index (χ1n) is 8.40. The predicted molar refractivity (Wildman–Crippen MR) is 91.8 cm³/mol. The Kier molecular flexibility index (Phi) is 5.15. The number of hydrogen-bond acceptors (Lipinski definition) is 7. The number of pyridine rings is 1. The van der Waals surface area contributed by atoms with E-state index < -0.39 is 0 Å². The normalized spacial score (nSPS) is 13.5. The highest BCUT2D eigenvalue weighted by Crippen LogP contribution is 2.28. The molecule has 1 aliphatic rings. The lowest BCUT2D eigenvalue weighted by molar-refractivity contribution is -0.131. The molecule has 0 atom stereocenters. The number of fused-ring (bicyclic) bond motifs is 1. The summed E-state index contributed by atoms with van der Waals surface area (Å²) in [6, 6.07) is 3.44. The summed E-state index contributed by atoms with van der Waals surface area (Å²) < 4.78 is 10.5. The molecule has 0 saturated heterocycles. The topological polar surface area (TPSA) is 102 Å². The van der Waals surface area contributed by atoms with E-state index in [1.807, 2.05) is 13.8 Å². The SMILES string of the molecule is CC(C)c1nc(CCN(C)C(=O)CN2C(=O)COc3cccnc32)no1. The van der Waals surface area contributed by atoms with E-state index in [0.717, 1.165) is 0 Å². The Labute approximate surface area is 150 Å². The van der Waals surface area contributed by atoms with E-state index in [4.69, 9.17) is 9.26 Å². The summed E-state index contributed by atoms with van der Waals surface area (Å²) in [7, 11) is 1.68. The van der Waals surface area contributed by atoms with E-state index in [-0.39, 0.29) is 30.9 Å². The van der Waals surface area contributed by atoms with E-state index in [1.165, 1.54) is 9.80 Å². The van der Waals surface area contributed by atoms with Crippen molar-refractivity contribution in [1.29, 1.82) is 0 Å². The molecular weight excluding hydrogens is 338 g/mol. The van der Waals surface area contributed by atoms with Crippen molar-refractivity contribution in [3.05, 3.63) is 30.0 Å². The van der Waals surface area contributed by atoms with Crippen LogP contribution in [0.1, 0.15) is 31.5 Å². The number of anilines is 1. The van der Waals surface area contributed by atoms with Gasteiger partial charge in [0.2, 0.25) is 11.8 Å². The molecule has 3 heterocycles. The fourth-order valence-corrected chi connectivity index (χ4v) is 2.45. The highest BCUT2D eigenvalue weighted by Gasteiger charge is 2.29. The van der Waals surface area contributed by atoms with Crippen molar-refractivity contribution >= 4 is 17.6 Å². The average molecular weight is 359 g/mol. The van der Waals surface area contributed by atoms with Crippen molar-refractivity contribution in [1.82, 2.24) is 20.0 Å². The molecule has 0 aliphatic carbocycles. The molecule has 1 aliphatic heterocycles. The minimum Gasteiger partial charge on any atom is -0.480 e. The van der Waals surface area contributed by atoms with Crippen LogP contribution in [0.4, 0.5) is 5.82 Å². The first kappa shape index (κ1) is 17.8. The van der Waals surface area contributed by atoms with Gasteiger partial charge in [0.05, 0.1) is 0 Å². The first-order chi connectivity index (χ1) is 12.5. The Morgan fingerprint density at radius 1 is 1.42 bits per heavy atom. The van der Waals surface area contributed by atoms with Crippen LogP contribution in [0.3, 0.4) is 0 Å². The van der Waals surface area contributed by atoms with Crippen LogP contribution in [0.5, 0.6) is 5.75 Å². The number of ether oxygens (including phenoxy) is 1. The lowest BCUT2D eigenvalue weighted by Gasteiger charge is -2.29. The largest absolute Gasteiger partial charge is 0.480 e.